The number of aromatic nitrogens is 4. The maximum absolute atomic E-state index is 12.8. The largest absolute Gasteiger partial charge is 0.507 e. The van der Waals surface area contributed by atoms with E-state index in [2.05, 4.69) is 20.5 Å². The Morgan fingerprint density at radius 2 is 1.66 bits per heavy atom. The number of para-hydroxylation sites is 2. The number of amides is 1. The summed E-state index contributed by atoms with van der Waals surface area (Å²) in [5.74, 6) is 0.556. The molecule has 3 aromatic carbocycles. The van der Waals surface area contributed by atoms with Crippen LogP contribution in [-0.4, -0.2) is 36.5 Å². The van der Waals surface area contributed by atoms with Gasteiger partial charge in [-0.05, 0) is 31.2 Å². The van der Waals surface area contributed by atoms with Crippen LogP contribution in [0.5, 0.6) is 5.75 Å². The molecule has 2 N–H and O–H groups in total. The molecule has 2 aromatic heterocycles. The lowest BCUT2D eigenvalue weighted by Crippen LogP contribution is -2.14. The van der Waals surface area contributed by atoms with Crippen LogP contribution in [0.1, 0.15) is 4.88 Å². The number of nitrogens with zero attached hydrogens (tertiary/aromatic N) is 4. The minimum atomic E-state index is -0.185. The van der Waals surface area contributed by atoms with E-state index >= 15 is 0 Å². The summed E-state index contributed by atoms with van der Waals surface area (Å²) in [6.45, 7) is 1.99. The zero-order valence-corrected chi connectivity index (χ0v) is 20.4. The number of rotatable bonds is 7. The number of anilines is 1. The van der Waals surface area contributed by atoms with Gasteiger partial charge < -0.3 is 10.4 Å². The molecule has 35 heavy (non-hydrogen) atoms. The number of thiazole rings is 1. The van der Waals surface area contributed by atoms with E-state index in [1.165, 1.54) is 23.1 Å². The topological polar surface area (TPSA) is 92.9 Å². The number of aromatic hydroxyl groups is 1. The molecule has 9 heteroatoms. The van der Waals surface area contributed by atoms with Gasteiger partial charge in [-0.2, -0.15) is 0 Å². The van der Waals surface area contributed by atoms with Crippen molar-refractivity contribution in [2.45, 2.75) is 12.1 Å². The van der Waals surface area contributed by atoms with Crippen LogP contribution >= 0.6 is 23.1 Å². The van der Waals surface area contributed by atoms with Crippen molar-refractivity contribution < 1.29 is 9.90 Å². The lowest BCUT2D eigenvalue weighted by atomic mass is 10.1. The zero-order chi connectivity index (χ0) is 24.2. The fourth-order valence-corrected chi connectivity index (χ4v) is 5.21. The number of hydrogen-bond donors (Lipinski definition) is 2. The third kappa shape index (κ3) is 4.96. The minimum absolute atomic E-state index is 0.111. The minimum Gasteiger partial charge on any atom is -0.507 e. The Hall–Kier alpha value is -3.95. The number of phenolic OH excluding ortho intramolecular Hbond substituents is 1. The van der Waals surface area contributed by atoms with Gasteiger partial charge in [0.1, 0.15) is 5.75 Å². The van der Waals surface area contributed by atoms with Gasteiger partial charge in [-0.25, -0.2) is 4.98 Å². The van der Waals surface area contributed by atoms with Crippen molar-refractivity contribution in [2.75, 3.05) is 11.1 Å². The van der Waals surface area contributed by atoms with Crippen molar-refractivity contribution in [1.82, 2.24) is 19.7 Å². The van der Waals surface area contributed by atoms with Crippen LogP contribution < -0.4 is 5.32 Å². The monoisotopic (exact) mass is 499 g/mol. The molecule has 5 aromatic rings. The third-order valence-electron chi connectivity index (χ3n) is 5.22. The maximum atomic E-state index is 12.8. The van der Waals surface area contributed by atoms with Crippen molar-refractivity contribution in [3.05, 3.63) is 89.8 Å². The molecule has 0 bridgehead atoms. The first kappa shape index (κ1) is 22.8. The van der Waals surface area contributed by atoms with Crippen LogP contribution in [0.4, 0.5) is 5.13 Å². The molecule has 0 atom stereocenters. The van der Waals surface area contributed by atoms with Gasteiger partial charge in [0.15, 0.2) is 16.1 Å². The Bertz CT molecular complexity index is 1470. The number of phenols is 1. The lowest BCUT2D eigenvalue weighted by molar-refractivity contribution is -0.113. The van der Waals surface area contributed by atoms with E-state index < -0.39 is 0 Å². The molecule has 0 saturated carbocycles. The van der Waals surface area contributed by atoms with Crippen molar-refractivity contribution in [3.8, 4) is 34.1 Å². The number of benzene rings is 3. The number of carbonyl (C=O) groups is 1. The molecule has 7 nitrogen and oxygen atoms in total. The molecular formula is C26H21N5O2S2. The summed E-state index contributed by atoms with van der Waals surface area (Å²) in [4.78, 5) is 18.4. The summed E-state index contributed by atoms with van der Waals surface area (Å²) in [5, 5.41) is 23.0. The van der Waals surface area contributed by atoms with E-state index in [0.29, 0.717) is 21.7 Å². The van der Waals surface area contributed by atoms with E-state index in [-0.39, 0.29) is 17.4 Å². The molecule has 2 heterocycles. The van der Waals surface area contributed by atoms with E-state index in [1.54, 1.807) is 18.2 Å². The van der Waals surface area contributed by atoms with Crippen molar-refractivity contribution >= 4 is 34.1 Å². The molecule has 5 rings (SSSR count). The molecule has 1 amide bonds. The fourth-order valence-electron chi connectivity index (χ4n) is 3.61. The van der Waals surface area contributed by atoms with Gasteiger partial charge in [0.05, 0.1) is 17.0 Å². The van der Waals surface area contributed by atoms with Gasteiger partial charge in [-0.3, -0.25) is 9.36 Å². The van der Waals surface area contributed by atoms with Crippen LogP contribution in [0, 0.1) is 6.92 Å². The fraction of sp³-hybridized carbons (Fsp3) is 0.0769. The molecule has 0 unspecified atom stereocenters. The van der Waals surface area contributed by atoms with E-state index in [1.807, 2.05) is 78.2 Å². The highest BCUT2D eigenvalue weighted by Gasteiger charge is 2.20. The highest BCUT2D eigenvalue weighted by molar-refractivity contribution is 7.99. The molecule has 0 saturated heterocycles. The van der Waals surface area contributed by atoms with Crippen LogP contribution in [-0.2, 0) is 4.79 Å². The smallest absolute Gasteiger partial charge is 0.236 e. The van der Waals surface area contributed by atoms with E-state index in [4.69, 9.17) is 0 Å². The van der Waals surface area contributed by atoms with Crippen LogP contribution in [0.15, 0.2) is 90.1 Å². The summed E-state index contributed by atoms with van der Waals surface area (Å²) in [6.07, 6.45) is 0. The molecule has 0 aliphatic rings. The molecule has 0 aliphatic carbocycles. The van der Waals surface area contributed by atoms with Crippen LogP contribution in [0.2, 0.25) is 0 Å². The number of thioether (sulfide) groups is 1. The van der Waals surface area contributed by atoms with E-state index in [9.17, 15) is 9.90 Å². The van der Waals surface area contributed by atoms with Crippen LogP contribution in [0.3, 0.4) is 0 Å². The molecule has 0 radical (unpaired) electrons. The Kier molecular flexibility index (Phi) is 6.60. The molecule has 0 fully saturated rings. The number of hydrogen-bond acceptors (Lipinski definition) is 7. The Labute approximate surface area is 210 Å². The predicted molar refractivity (Wildman–Crippen MR) is 140 cm³/mol. The molecular weight excluding hydrogens is 478 g/mol. The average Bonchev–Trinajstić information content (AvgIpc) is 3.47. The van der Waals surface area contributed by atoms with E-state index in [0.717, 1.165) is 21.8 Å². The second-order valence-corrected chi connectivity index (χ2v) is 9.77. The second kappa shape index (κ2) is 10.1. The predicted octanol–water partition coefficient (Wildman–Crippen LogP) is 5.80. The third-order valence-corrected chi connectivity index (χ3v) is 7.03. The summed E-state index contributed by atoms with van der Waals surface area (Å²) in [5.41, 5.74) is 3.28. The van der Waals surface area contributed by atoms with Gasteiger partial charge in [0.2, 0.25) is 5.91 Å². The molecule has 174 valence electrons. The summed E-state index contributed by atoms with van der Waals surface area (Å²) in [6, 6.07) is 26.5. The number of aryl methyl sites for hydroxylation is 1. The van der Waals surface area contributed by atoms with Gasteiger partial charge in [-0.15, -0.1) is 21.5 Å². The van der Waals surface area contributed by atoms with Gasteiger partial charge in [0, 0.05) is 16.1 Å². The first-order valence-corrected chi connectivity index (χ1v) is 12.6. The first-order valence-electron chi connectivity index (χ1n) is 10.8. The lowest BCUT2D eigenvalue weighted by Gasteiger charge is -2.11. The molecule has 0 spiro atoms. The second-order valence-electron chi connectivity index (χ2n) is 7.62. The van der Waals surface area contributed by atoms with Crippen molar-refractivity contribution in [1.29, 1.82) is 0 Å². The Balaban J connectivity index is 1.36. The highest BCUT2D eigenvalue weighted by Crippen LogP contribution is 2.33. The number of nitrogens with one attached hydrogen (secondary N) is 1. The molecule has 0 aliphatic heterocycles. The summed E-state index contributed by atoms with van der Waals surface area (Å²) in [7, 11) is 0. The summed E-state index contributed by atoms with van der Waals surface area (Å²) >= 11 is 2.72. The Morgan fingerprint density at radius 3 is 2.40 bits per heavy atom. The quantitative estimate of drug-likeness (QED) is 0.275. The van der Waals surface area contributed by atoms with Gasteiger partial charge in [-0.1, -0.05) is 72.4 Å². The zero-order valence-electron chi connectivity index (χ0n) is 18.8. The maximum Gasteiger partial charge on any atom is 0.236 e. The normalized spacial score (nSPS) is 10.9. The average molecular weight is 500 g/mol. The van der Waals surface area contributed by atoms with Crippen LogP contribution in [0.25, 0.3) is 28.3 Å². The first-order chi connectivity index (χ1) is 17.1. The Morgan fingerprint density at radius 1 is 0.971 bits per heavy atom. The number of carbonyl (C=O) groups excluding carboxylic acids is 1. The standard InChI is InChI=1S/C26H21N5O2S2/c1-17-23(18-10-4-2-5-11-18)28-25(35-17)27-22(33)16-34-26-30-29-24(20-14-8-9-15-21(20)32)31(26)19-12-6-3-7-13-19/h2-15,32H,16H2,1H3,(H,27,28,33). The van der Waals surface area contributed by atoms with Gasteiger partial charge in [0.25, 0.3) is 0 Å². The van der Waals surface area contributed by atoms with Crippen molar-refractivity contribution in [2.24, 2.45) is 0 Å². The summed E-state index contributed by atoms with van der Waals surface area (Å²) < 4.78 is 1.84. The highest BCUT2D eigenvalue weighted by atomic mass is 32.2. The van der Waals surface area contributed by atoms with Crippen molar-refractivity contribution in [3.63, 3.8) is 0 Å². The SMILES string of the molecule is Cc1sc(NC(=O)CSc2nnc(-c3ccccc3O)n2-c2ccccc2)nc1-c1ccccc1. The van der Waals surface area contributed by atoms with Gasteiger partial charge >= 0.3 is 0 Å².